The maximum atomic E-state index is 10.2. The highest BCUT2D eigenvalue weighted by atomic mass is 16.4. The Morgan fingerprint density at radius 3 is 2.92 bits per heavy atom. The van der Waals surface area contributed by atoms with E-state index in [9.17, 15) is 4.79 Å². The fraction of sp³-hybridized carbons (Fsp3) is 0.375. The van der Waals surface area contributed by atoms with Crippen LogP contribution in [0.4, 0.5) is 0 Å². The average molecular weight is 166 g/mol. The van der Waals surface area contributed by atoms with Gasteiger partial charge in [-0.15, -0.1) is 0 Å². The standard InChI is InChI=1S/C8H10N2O2/c11-8(12)3-1-2-7-6-9-4-5-10-7/h4-6H,1-3H2,(H,11,12). The largest absolute Gasteiger partial charge is 0.481 e. The van der Waals surface area contributed by atoms with Gasteiger partial charge in [0.1, 0.15) is 0 Å². The van der Waals surface area contributed by atoms with Crippen LogP contribution in [-0.4, -0.2) is 21.0 Å². The maximum absolute atomic E-state index is 10.2. The number of aromatic nitrogens is 2. The van der Waals surface area contributed by atoms with Crippen LogP contribution in [-0.2, 0) is 11.2 Å². The minimum atomic E-state index is -0.765. The molecule has 12 heavy (non-hydrogen) atoms. The molecule has 0 aliphatic heterocycles. The van der Waals surface area contributed by atoms with Gasteiger partial charge in [0.2, 0.25) is 0 Å². The molecule has 1 aromatic heterocycles. The predicted octanol–water partition coefficient (Wildman–Crippen LogP) is 0.884. The molecule has 0 spiro atoms. The van der Waals surface area contributed by atoms with E-state index in [-0.39, 0.29) is 6.42 Å². The average Bonchev–Trinajstić information content (AvgIpc) is 2.05. The van der Waals surface area contributed by atoms with Gasteiger partial charge in [0.05, 0.1) is 5.69 Å². The van der Waals surface area contributed by atoms with Crippen LogP contribution in [0.3, 0.4) is 0 Å². The lowest BCUT2D eigenvalue weighted by atomic mass is 10.2. The van der Waals surface area contributed by atoms with Crippen LogP contribution in [0.1, 0.15) is 18.5 Å². The van der Waals surface area contributed by atoms with Gasteiger partial charge in [-0.2, -0.15) is 0 Å². The Balaban J connectivity index is 2.29. The number of hydrogen-bond acceptors (Lipinski definition) is 3. The van der Waals surface area contributed by atoms with Crippen LogP contribution in [0.25, 0.3) is 0 Å². The molecule has 0 atom stereocenters. The minimum absolute atomic E-state index is 0.191. The summed E-state index contributed by atoms with van der Waals surface area (Å²) in [6.45, 7) is 0. The molecule has 0 aliphatic carbocycles. The van der Waals surface area contributed by atoms with Crippen molar-refractivity contribution >= 4 is 5.97 Å². The molecule has 0 aromatic carbocycles. The zero-order chi connectivity index (χ0) is 8.81. The lowest BCUT2D eigenvalue weighted by Crippen LogP contribution is -1.97. The van der Waals surface area contributed by atoms with Gasteiger partial charge in [-0.25, -0.2) is 0 Å². The van der Waals surface area contributed by atoms with Crippen LogP contribution in [0.2, 0.25) is 0 Å². The summed E-state index contributed by atoms with van der Waals surface area (Å²) in [7, 11) is 0. The SMILES string of the molecule is O=C(O)CCCc1cnccn1. The topological polar surface area (TPSA) is 63.1 Å². The third kappa shape index (κ3) is 3.09. The molecular formula is C8H10N2O2. The summed E-state index contributed by atoms with van der Waals surface area (Å²) in [6.07, 6.45) is 6.35. The van der Waals surface area contributed by atoms with E-state index in [0.717, 1.165) is 5.69 Å². The molecule has 0 aliphatic rings. The van der Waals surface area contributed by atoms with Crippen molar-refractivity contribution in [1.29, 1.82) is 0 Å². The Bertz CT molecular complexity index is 248. The van der Waals surface area contributed by atoms with E-state index in [1.165, 1.54) is 0 Å². The van der Waals surface area contributed by atoms with Crippen LogP contribution < -0.4 is 0 Å². The van der Waals surface area contributed by atoms with Crippen LogP contribution >= 0.6 is 0 Å². The molecule has 1 aromatic rings. The van der Waals surface area contributed by atoms with Gasteiger partial charge in [-0.3, -0.25) is 14.8 Å². The number of aliphatic carboxylic acids is 1. The van der Waals surface area contributed by atoms with E-state index in [0.29, 0.717) is 12.8 Å². The Morgan fingerprint density at radius 1 is 1.50 bits per heavy atom. The zero-order valence-electron chi connectivity index (χ0n) is 6.60. The molecule has 0 amide bonds. The molecule has 1 rings (SSSR count). The van der Waals surface area contributed by atoms with Gasteiger partial charge in [-0.05, 0) is 12.8 Å². The van der Waals surface area contributed by atoms with Gasteiger partial charge in [0.25, 0.3) is 0 Å². The first-order valence-electron chi connectivity index (χ1n) is 3.76. The van der Waals surface area contributed by atoms with Crippen molar-refractivity contribution < 1.29 is 9.90 Å². The summed E-state index contributed by atoms with van der Waals surface area (Å²) in [5.41, 5.74) is 0.846. The molecule has 0 fully saturated rings. The number of rotatable bonds is 4. The molecule has 4 heteroatoms. The minimum Gasteiger partial charge on any atom is -0.481 e. The Kier molecular flexibility index (Phi) is 3.19. The van der Waals surface area contributed by atoms with Crippen molar-refractivity contribution in [3.8, 4) is 0 Å². The molecule has 4 nitrogen and oxygen atoms in total. The molecule has 0 saturated heterocycles. The van der Waals surface area contributed by atoms with Crippen molar-refractivity contribution in [2.24, 2.45) is 0 Å². The van der Waals surface area contributed by atoms with E-state index in [2.05, 4.69) is 9.97 Å². The second-order valence-electron chi connectivity index (χ2n) is 2.44. The van der Waals surface area contributed by atoms with Crippen LogP contribution in [0.15, 0.2) is 18.6 Å². The van der Waals surface area contributed by atoms with Gasteiger partial charge in [0, 0.05) is 25.0 Å². The summed E-state index contributed by atoms with van der Waals surface area (Å²) >= 11 is 0. The monoisotopic (exact) mass is 166 g/mol. The number of carbonyl (C=O) groups is 1. The fourth-order valence-corrected chi connectivity index (χ4v) is 0.880. The highest BCUT2D eigenvalue weighted by Gasteiger charge is 1.98. The molecule has 0 radical (unpaired) electrons. The highest BCUT2D eigenvalue weighted by Crippen LogP contribution is 1.98. The van der Waals surface area contributed by atoms with E-state index >= 15 is 0 Å². The first kappa shape index (κ1) is 8.64. The zero-order valence-corrected chi connectivity index (χ0v) is 6.60. The fourth-order valence-electron chi connectivity index (χ4n) is 0.880. The van der Waals surface area contributed by atoms with Crippen molar-refractivity contribution in [1.82, 2.24) is 9.97 Å². The lowest BCUT2D eigenvalue weighted by Gasteiger charge is -1.95. The summed E-state index contributed by atoms with van der Waals surface area (Å²) in [5, 5.41) is 8.36. The van der Waals surface area contributed by atoms with Gasteiger partial charge in [-0.1, -0.05) is 0 Å². The van der Waals surface area contributed by atoms with Gasteiger partial charge < -0.3 is 5.11 Å². The van der Waals surface area contributed by atoms with Gasteiger partial charge in [0.15, 0.2) is 0 Å². The third-order valence-electron chi connectivity index (χ3n) is 1.44. The second kappa shape index (κ2) is 4.43. The summed E-state index contributed by atoms with van der Waals surface area (Å²) in [6, 6.07) is 0. The smallest absolute Gasteiger partial charge is 0.303 e. The molecule has 1 N–H and O–H groups in total. The number of nitrogens with zero attached hydrogens (tertiary/aromatic N) is 2. The Hall–Kier alpha value is -1.45. The second-order valence-corrected chi connectivity index (χ2v) is 2.44. The van der Waals surface area contributed by atoms with E-state index < -0.39 is 5.97 Å². The Labute approximate surface area is 70.3 Å². The number of aryl methyl sites for hydroxylation is 1. The van der Waals surface area contributed by atoms with Crippen LogP contribution in [0, 0.1) is 0 Å². The number of carboxylic acid groups (broad SMARTS) is 1. The van der Waals surface area contributed by atoms with Crippen LogP contribution in [0.5, 0.6) is 0 Å². The Morgan fingerprint density at radius 2 is 2.33 bits per heavy atom. The predicted molar refractivity (Wildman–Crippen MR) is 42.6 cm³/mol. The van der Waals surface area contributed by atoms with Crippen molar-refractivity contribution in [2.45, 2.75) is 19.3 Å². The molecule has 0 unspecified atom stereocenters. The van der Waals surface area contributed by atoms with Gasteiger partial charge >= 0.3 is 5.97 Å². The summed E-state index contributed by atoms with van der Waals surface area (Å²) in [5.74, 6) is -0.765. The molecule has 1 heterocycles. The quantitative estimate of drug-likeness (QED) is 0.721. The molecule has 0 bridgehead atoms. The lowest BCUT2D eigenvalue weighted by molar-refractivity contribution is -0.137. The number of carboxylic acids is 1. The van der Waals surface area contributed by atoms with E-state index in [1.807, 2.05) is 0 Å². The summed E-state index contributed by atoms with van der Waals surface area (Å²) < 4.78 is 0. The number of hydrogen-bond donors (Lipinski definition) is 1. The summed E-state index contributed by atoms with van der Waals surface area (Å²) in [4.78, 5) is 18.0. The molecule has 0 saturated carbocycles. The van der Waals surface area contributed by atoms with Crippen molar-refractivity contribution in [3.63, 3.8) is 0 Å². The highest BCUT2D eigenvalue weighted by molar-refractivity contribution is 5.66. The molecular weight excluding hydrogens is 156 g/mol. The third-order valence-corrected chi connectivity index (χ3v) is 1.44. The first-order valence-corrected chi connectivity index (χ1v) is 3.76. The normalized spacial score (nSPS) is 9.67. The van der Waals surface area contributed by atoms with E-state index in [4.69, 9.17) is 5.11 Å². The molecule has 64 valence electrons. The first-order chi connectivity index (χ1) is 5.79. The van der Waals surface area contributed by atoms with E-state index in [1.54, 1.807) is 18.6 Å². The maximum Gasteiger partial charge on any atom is 0.303 e. The van der Waals surface area contributed by atoms with Crippen molar-refractivity contribution in [3.05, 3.63) is 24.3 Å². The van der Waals surface area contributed by atoms with Crippen molar-refractivity contribution in [2.75, 3.05) is 0 Å².